The van der Waals surface area contributed by atoms with E-state index in [-0.39, 0.29) is 6.04 Å². The average Bonchev–Trinajstić information content (AvgIpc) is 2.92. The van der Waals surface area contributed by atoms with Crippen LogP contribution in [-0.2, 0) is 13.0 Å². The number of aryl methyl sites for hydroxylation is 1. The predicted molar refractivity (Wildman–Crippen MR) is 79.2 cm³/mol. The van der Waals surface area contributed by atoms with Gasteiger partial charge in [-0.05, 0) is 38.2 Å². The topological polar surface area (TPSA) is 52.0 Å². The molecule has 0 aliphatic carbocycles. The summed E-state index contributed by atoms with van der Waals surface area (Å²) in [5.41, 5.74) is 0. The third kappa shape index (κ3) is 3.95. The van der Waals surface area contributed by atoms with Crippen molar-refractivity contribution in [1.29, 1.82) is 0 Å². The van der Waals surface area contributed by atoms with Crippen molar-refractivity contribution in [1.82, 2.24) is 20.1 Å². The molecule has 0 spiro atoms. The highest BCUT2D eigenvalue weighted by Gasteiger charge is 2.12. The molecular weight excluding hydrogens is 276 g/mol. The van der Waals surface area contributed by atoms with Crippen molar-refractivity contribution in [2.24, 2.45) is 0 Å². The van der Waals surface area contributed by atoms with E-state index in [1.54, 1.807) is 6.33 Å². The van der Waals surface area contributed by atoms with E-state index in [0.29, 0.717) is 11.6 Å². The summed E-state index contributed by atoms with van der Waals surface area (Å²) in [6, 6.07) is 7.55. The normalized spacial score (nSPS) is 12.3. The van der Waals surface area contributed by atoms with E-state index in [9.17, 15) is 0 Å². The highest BCUT2D eigenvalue weighted by Crippen LogP contribution is 2.15. The molecule has 0 fully saturated rings. The van der Waals surface area contributed by atoms with Crippen LogP contribution in [-0.4, -0.2) is 34.5 Å². The van der Waals surface area contributed by atoms with Gasteiger partial charge < -0.3 is 10.1 Å². The Labute approximate surface area is 123 Å². The zero-order chi connectivity index (χ0) is 14.4. The zero-order valence-corrected chi connectivity index (χ0v) is 12.5. The molecule has 108 valence electrons. The number of hydrogen-bond donors (Lipinski definition) is 1. The van der Waals surface area contributed by atoms with E-state index >= 15 is 0 Å². The Bertz CT molecular complexity index is 526. The number of likely N-dealkylation sites (N-methyl/N-ethyl adjacent to an activating group) is 1. The second kappa shape index (κ2) is 7.26. The maximum atomic E-state index is 5.84. The van der Waals surface area contributed by atoms with E-state index < -0.39 is 0 Å². The Hall–Kier alpha value is -1.59. The van der Waals surface area contributed by atoms with Gasteiger partial charge in [-0.3, -0.25) is 4.68 Å². The smallest absolute Gasteiger partial charge is 0.138 e. The number of benzene rings is 1. The van der Waals surface area contributed by atoms with Crippen LogP contribution in [0.4, 0.5) is 0 Å². The number of rotatable bonds is 7. The van der Waals surface area contributed by atoms with Gasteiger partial charge in [0.05, 0.1) is 0 Å². The van der Waals surface area contributed by atoms with Crippen molar-refractivity contribution in [2.75, 3.05) is 13.7 Å². The largest absolute Gasteiger partial charge is 0.492 e. The second-order valence-electron chi connectivity index (χ2n) is 4.45. The molecule has 0 aliphatic rings. The van der Waals surface area contributed by atoms with Gasteiger partial charge >= 0.3 is 0 Å². The molecule has 1 N–H and O–H groups in total. The fraction of sp³-hybridized carbons (Fsp3) is 0.429. The predicted octanol–water partition coefficient (Wildman–Crippen LogP) is 2.16. The molecular formula is C14H19ClN4O. The maximum Gasteiger partial charge on any atom is 0.138 e. The molecule has 1 atom stereocenters. The third-order valence-electron chi connectivity index (χ3n) is 3.10. The first-order valence-corrected chi connectivity index (χ1v) is 7.03. The highest BCUT2D eigenvalue weighted by molar-refractivity contribution is 6.30. The van der Waals surface area contributed by atoms with Gasteiger partial charge in [0, 0.05) is 24.0 Å². The zero-order valence-electron chi connectivity index (χ0n) is 11.7. The Morgan fingerprint density at radius 1 is 1.35 bits per heavy atom. The Morgan fingerprint density at radius 3 is 2.75 bits per heavy atom. The molecule has 2 aromatic rings. The minimum absolute atomic E-state index is 0.181. The first kappa shape index (κ1) is 14.8. The van der Waals surface area contributed by atoms with E-state index in [0.717, 1.165) is 24.5 Å². The molecule has 5 nitrogen and oxygen atoms in total. The molecule has 0 bridgehead atoms. The summed E-state index contributed by atoms with van der Waals surface area (Å²) in [4.78, 5) is 4.28. The Morgan fingerprint density at radius 2 is 2.10 bits per heavy atom. The minimum atomic E-state index is 0.181. The summed E-state index contributed by atoms with van der Waals surface area (Å²) in [5.74, 6) is 1.78. The highest BCUT2D eigenvalue weighted by atomic mass is 35.5. The molecule has 0 saturated heterocycles. The van der Waals surface area contributed by atoms with Crippen molar-refractivity contribution < 1.29 is 4.74 Å². The standard InChI is InChI=1S/C14H19ClN4O/c1-3-19-14(17-10-18-19)8-12(16-2)9-20-13-6-4-11(15)5-7-13/h4-7,10,12,16H,3,8-9H2,1-2H3. The van der Waals surface area contributed by atoms with E-state index in [1.807, 2.05) is 36.0 Å². The molecule has 1 unspecified atom stereocenters. The van der Waals surface area contributed by atoms with Crippen molar-refractivity contribution in [3.8, 4) is 5.75 Å². The maximum absolute atomic E-state index is 5.84. The lowest BCUT2D eigenvalue weighted by Crippen LogP contribution is -2.34. The first-order chi connectivity index (χ1) is 9.72. The van der Waals surface area contributed by atoms with Crippen molar-refractivity contribution >= 4 is 11.6 Å². The van der Waals surface area contributed by atoms with E-state index in [2.05, 4.69) is 22.3 Å². The van der Waals surface area contributed by atoms with Gasteiger partial charge in [0.15, 0.2) is 0 Å². The lowest BCUT2D eigenvalue weighted by Gasteiger charge is -2.17. The van der Waals surface area contributed by atoms with Crippen molar-refractivity contribution in [3.63, 3.8) is 0 Å². The second-order valence-corrected chi connectivity index (χ2v) is 4.88. The first-order valence-electron chi connectivity index (χ1n) is 6.65. The van der Waals surface area contributed by atoms with Gasteiger partial charge in [-0.15, -0.1) is 0 Å². The number of nitrogens with one attached hydrogen (secondary N) is 1. The van der Waals surface area contributed by atoms with Crippen LogP contribution in [0.3, 0.4) is 0 Å². The molecule has 1 aromatic carbocycles. The van der Waals surface area contributed by atoms with Gasteiger partial charge in [-0.25, -0.2) is 4.98 Å². The van der Waals surface area contributed by atoms with Crippen LogP contribution in [0, 0.1) is 0 Å². The molecule has 0 amide bonds. The molecule has 20 heavy (non-hydrogen) atoms. The molecule has 0 radical (unpaired) electrons. The number of halogens is 1. The molecule has 1 aromatic heterocycles. The van der Waals surface area contributed by atoms with Crippen LogP contribution in [0.15, 0.2) is 30.6 Å². The molecule has 1 heterocycles. The van der Waals surface area contributed by atoms with Crippen LogP contribution < -0.4 is 10.1 Å². The van der Waals surface area contributed by atoms with Gasteiger partial charge in [-0.1, -0.05) is 11.6 Å². The van der Waals surface area contributed by atoms with Crippen LogP contribution >= 0.6 is 11.6 Å². The minimum Gasteiger partial charge on any atom is -0.492 e. The number of nitrogens with zero attached hydrogens (tertiary/aromatic N) is 3. The van der Waals surface area contributed by atoms with E-state index in [4.69, 9.17) is 16.3 Å². The summed E-state index contributed by atoms with van der Waals surface area (Å²) in [7, 11) is 1.92. The van der Waals surface area contributed by atoms with E-state index in [1.165, 1.54) is 0 Å². The third-order valence-corrected chi connectivity index (χ3v) is 3.35. The molecule has 6 heteroatoms. The number of aromatic nitrogens is 3. The number of ether oxygens (including phenoxy) is 1. The molecule has 2 rings (SSSR count). The van der Waals surface area contributed by atoms with Gasteiger partial charge in [0.1, 0.15) is 24.5 Å². The quantitative estimate of drug-likeness (QED) is 0.850. The van der Waals surface area contributed by atoms with Gasteiger partial charge in [0.25, 0.3) is 0 Å². The monoisotopic (exact) mass is 294 g/mol. The van der Waals surface area contributed by atoms with Crippen LogP contribution in [0.5, 0.6) is 5.75 Å². The summed E-state index contributed by atoms with van der Waals surface area (Å²) in [6.45, 7) is 3.44. The molecule has 0 saturated carbocycles. The lowest BCUT2D eigenvalue weighted by atomic mass is 10.2. The fourth-order valence-corrected chi connectivity index (χ4v) is 2.03. The Kier molecular flexibility index (Phi) is 5.38. The number of hydrogen-bond acceptors (Lipinski definition) is 4. The van der Waals surface area contributed by atoms with Crippen molar-refractivity contribution in [3.05, 3.63) is 41.4 Å². The summed E-state index contributed by atoms with van der Waals surface area (Å²) >= 11 is 5.84. The Balaban J connectivity index is 1.90. The summed E-state index contributed by atoms with van der Waals surface area (Å²) in [6.07, 6.45) is 2.36. The lowest BCUT2D eigenvalue weighted by molar-refractivity contribution is 0.267. The SMILES string of the molecule is CCn1ncnc1CC(COc1ccc(Cl)cc1)NC. The van der Waals surface area contributed by atoms with Crippen molar-refractivity contribution in [2.45, 2.75) is 25.9 Å². The van der Waals surface area contributed by atoms with Gasteiger partial charge in [-0.2, -0.15) is 5.10 Å². The van der Waals surface area contributed by atoms with Gasteiger partial charge in [0.2, 0.25) is 0 Å². The fourth-order valence-electron chi connectivity index (χ4n) is 1.90. The van der Waals surface area contributed by atoms with Crippen LogP contribution in [0.25, 0.3) is 0 Å². The van der Waals surface area contributed by atoms with Crippen LogP contribution in [0.2, 0.25) is 5.02 Å². The summed E-state index contributed by atoms with van der Waals surface area (Å²) in [5, 5.41) is 8.12. The average molecular weight is 295 g/mol. The summed E-state index contributed by atoms with van der Waals surface area (Å²) < 4.78 is 7.65. The van der Waals surface area contributed by atoms with Crippen LogP contribution in [0.1, 0.15) is 12.7 Å². The molecule has 0 aliphatic heterocycles.